The molecule has 8 nitrogen and oxygen atoms in total. The third kappa shape index (κ3) is 4.81. The Morgan fingerprint density at radius 2 is 1.76 bits per heavy atom. The molecule has 5 aliphatic heterocycles. The summed E-state index contributed by atoms with van der Waals surface area (Å²) < 4.78 is 4.26. The molecule has 0 aromatic heterocycles. The molecule has 1 saturated carbocycles. The lowest BCUT2D eigenvalue weighted by molar-refractivity contribution is -0.140. The second kappa shape index (κ2) is 10.9. The standard InChI is InChI=1S/C29H28N4O2.C4H8O2/c1-6-17-14(3)22-10-26-19(12-34)15(4)21(32-26)9-20-13(2)7-24(30-20)18-8-27(35)28-16(5)23(33-29(18)28)11-25(17)31-22;1-3-4(5)6-2/h9-13,30,34H,6-8H2,1-5H3;3H2,1-2H3/b19-12-,20-9?,22-10?,23-11?,24-18?;. The Labute approximate surface area is 240 Å². The van der Waals surface area contributed by atoms with Gasteiger partial charge in [-0.3, -0.25) is 9.59 Å². The normalized spacial score (nSPS) is 23.7. The summed E-state index contributed by atoms with van der Waals surface area (Å²) in [5.41, 5.74) is 13.6. The fourth-order valence-electron chi connectivity index (χ4n) is 5.89. The maximum Gasteiger partial charge on any atom is 0.305 e. The van der Waals surface area contributed by atoms with Gasteiger partial charge in [0.15, 0.2) is 5.78 Å². The van der Waals surface area contributed by atoms with Crippen molar-refractivity contribution in [2.45, 2.75) is 67.2 Å². The monoisotopic (exact) mass is 552 g/mol. The summed E-state index contributed by atoms with van der Waals surface area (Å²) >= 11 is 0. The number of allylic oxidation sites excluding steroid dienone is 12. The number of ether oxygens (including phenoxy) is 1. The van der Waals surface area contributed by atoms with Crippen LogP contribution in [0.25, 0.3) is 0 Å². The van der Waals surface area contributed by atoms with Crippen molar-refractivity contribution >= 4 is 28.9 Å². The molecule has 1 saturated heterocycles. The minimum Gasteiger partial charge on any atom is -0.515 e. The van der Waals surface area contributed by atoms with Crippen molar-refractivity contribution in [1.82, 2.24) is 5.32 Å². The van der Waals surface area contributed by atoms with Crippen LogP contribution in [0.2, 0.25) is 0 Å². The first-order valence-corrected chi connectivity index (χ1v) is 14.1. The number of esters is 1. The molecule has 6 rings (SSSR count). The van der Waals surface area contributed by atoms with Gasteiger partial charge in [0.1, 0.15) is 0 Å². The molecule has 8 bridgehead atoms. The smallest absolute Gasteiger partial charge is 0.305 e. The van der Waals surface area contributed by atoms with E-state index in [2.05, 4.69) is 36.9 Å². The van der Waals surface area contributed by atoms with E-state index in [1.165, 1.54) is 7.11 Å². The van der Waals surface area contributed by atoms with Gasteiger partial charge in [-0.05, 0) is 74.1 Å². The number of nitrogens with one attached hydrogen (secondary N) is 1. The van der Waals surface area contributed by atoms with Crippen LogP contribution in [0.5, 0.6) is 0 Å². The number of carbonyl (C=O) groups is 2. The first kappa shape index (κ1) is 28.2. The van der Waals surface area contributed by atoms with E-state index in [0.29, 0.717) is 24.1 Å². The van der Waals surface area contributed by atoms with E-state index in [-0.39, 0.29) is 17.7 Å². The number of aliphatic hydroxyl groups excluding tert-OH is 1. The summed E-state index contributed by atoms with van der Waals surface area (Å²) in [4.78, 5) is 37.8. The number of rotatable bonds is 2. The molecule has 212 valence electrons. The van der Waals surface area contributed by atoms with Crippen LogP contribution in [0, 0.1) is 5.92 Å². The van der Waals surface area contributed by atoms with Gasteiger partial charge in [0.2, 0.25) is 0 Å². The third-order valence-electron chi connectivity index (χ3n) is 8.36. The predicted octanol–water partition coefficient (Wildman–Crippen LogP) is 6.20. The lowest BCUT2D eigenvalue weighted by Crippen LogP contribution is -2.09. The van der Waals surface area contributed by atoms with Crippen molar-refractivity contribution in [3.63, 3.8) is 0 Å². The van der Waals surface area contributed by atoms with Gasteiger partial charge in [-0.15, -0.1) is 0 Å². The molecule has 0 spiro atoms. The second-order valence-electron chi connectivity index (χ2n) is 10.8. The summed E-state index contributed by atoms with van der Waals surface area (Å²) in [5.74, 6) is 0.237. The van der Waals surface area contributed by atoms with Gasteiger partial charge in [-0.2, -0.15) is 0 Å². The van der Waals surface area contributed by atoms with Crippen molar-refractivity contribution in [2.24, 2.45) is 20.9 Å². The number of aliphatic imine (C=N–C) groups is 3. The molecule has 6 aliphatic rings. The quantitative estimate of drug-likeness (QED) is 0.313. The number of hydrogen-bond donors (Lipinski definition) is 2. The summed E-state index contributed by atoms with van der Waals surface area (Å²) in [7, 11) is 1.38. The summed E-state index contributed by atoms with van der Waals surface area (Å²) in [6.07, 6.45) is 9.69. The van der Waals surface area contributed by atoms with E-state index in [0.717, 1.165) is 92.5 Å². The van der Waals surface area contributed by atoms with Crippen LogP contribution >= 0.6 is 0 Å². The number of aliphatic hydroxyl groups is 1. The molecule has 0 amide bonds. The fraction of sp³-hybridized carbons (Fsp3) is 0.364. The molecule has 1 unspecified atom stereocenters. The number of fused-ring (bicyclic) bond motifs is 5. The van der Waals surface area contributed by atoms with Crippen molar-refractivity contribution in [1.29, 1.82) is 0 Å². The molecule has 1 aliphatic carbocycles. The first-order chi connectivity index (χ1) is 19.6. The van der Waals surface area contributed by atoms with E-state index in [9.17, 15) is 14.7 Å². The second-order valence-corrected chi connectivity index (χ2v) is 10.8. The zero-order chi connectivity index (χ0) is 29.6. The van der Waals surface area contributed by atoms with Crippen LogP contribution in [0.1, 0.15) is 67.2 Å². The van der Waals surface area contributed by atoms with Gasteiger partial charge in [0, 0.05) is 46.9 Å². The molecular weight excluding hydrogens is 516 g/mol. The van der Waals surface area contributed by atoms with Crippen molar-refractivity contribution in [2.75, 3.05) is 7.11 Å². The predicted molar refractivity (Wildman–Crippen MR) is 162 cm³/mol. The lowest BCUT2D eigenvalue weighted by atomic mass is 9.99. The highest BCUT2D eigenvalue weighted by Crippen LogP contribution is 2.42. The van der Waals surface area contributed by atoms with E-state index >= 15 is 0 Å². The van der Waals surface area contributed by atoms with Crippen LogP contribution in [-0.2, 0) is 14.3 Å². The van der Waals surface area contributed by atoms with Crippen LogP contribution in [0.15, 0.2) is 107 Å². The highest BCUT2D eigenvalue weighted by molar-refractivity contribution is 6.38. The molecule has 2 fully saturated rings. The average Bonchev–Trinajstić information content (AvgIpc) is 3.72. The van der Waals surface area contributed by atoms with Crippen LogP contribution in [-0.4, -0.2) is 41.1 Å². The molecule has 1 atom stereocenters. The van der Waals surface area contributed by atoms with Crippen LogP contribution in [0.4, 0.5) is 0 Å². The highest BCUT2D eigenvalue weighted by atomic mass is 16.5. The Hall–Kier alpha value is -4.33. The van der Waals surface area contributed by atoms with Crippen molar-refractivity contribution in [3.8, 4) is 0 Å². The zero-order valence-corrected chi connectivity index (χ0v) is 24.7. The molecular formula is C33H36N4O4. The summed E-state index contributed by atoms with van der Waals surface area (Å²) in [6.45, 7) is 12.1. The number of hydrogen-bond acceptors (Lipinski definition) is 8. The Bertz CT molecular complexity index is 1620. The van der Waals surface area contributed by atoms with Gasteiger partial charge < -0.3 is 15.2 Å². The van der Waals surface area contributed by atoms with E-state index in [1.807, 2.05) is 26.0 Å². The van der Waals surface area contributed by atoms with Gasteiger partial charge in [-0.1, -0.05) is 20.8 Å². The molecule has 8 heteroatoms. The minimum atomic E-state index is -0.157. The van der Waals surface area contributed by atoms with E-state index in [1.54, 1.807) is 6.92 Å². The topological polar surface area (TPSA) is 113 Å². The van der Waals surface area contributed by atoms with E-state index in [4.69, 9.17) is 15.0 Å². The minimum absolute atomic E-state index is 0.137. The number of ketones is 1. The lowest BCUT2D eigenvalue weighted by Gasteiger charge is -2.06. The van der Waals surface area contributed by atoms with Crippen LogP contribution in [0.3, 0.4) is 0 Å². The summed E-state index contributed by atoms with van der Waals surface area (Å²) in [5, 5.41) is 13.6. The van der Waals surface area contributed by atoms with Crippen molar-refractivity contribution in [3.05, 3.63) is 92.0 Å². The Kier molecular flexibility index (Phi) is 7.51. The number of carbonyl (C=O) groups excluding carboxylic acids is 2. The molecule has 41 heavy (non-hydrogen) atoms. The number of methoxy groups -OCH3 is 1. The van der Waals surface area contributed by atoms with Gasteiger partial charge in [0.05, 0.1) is 47.6 Å². The fourth-order valence-corrected chi connectivity index (χ4v) is 5.89. The molecule has 2 N–H and O–H groups in total. The van der Waals surface area contributed by atoms with Gasteiger partial charge in [-0.25, -0.2) is 15.0 Å². The Morgan fingerprint density at radius 3 is 2.39 bits per heavy atom. The first-order valence-electron chi connectivity index (χ1n) is 14.1. The highest BCUT2D eigenvalue weighted by Gasteiger charge is 2.39. The Morgan fingerprint density at radius 1 is 1.05 bits per heavy atom. The van der Waals surface area contributed by atoms with E-state index < -0.39 is 0 Å². The number of nitrogens with zero attached hydrogens (tertiary/aromatic N) is 3. The number of Topliss-reactive ketones (excluding diaryl/α,β-unsaturated/α-hetero) is 1. The molecule has 5 heterocycles. The third-order valence-corrected chi connectivity index (χ3v) is 8.36. The van der Waals surface area contributed by atoms with Crippen LogP contribution < -0.4 is 5.32 Å². The SMILES string of the molecule is CCC(=O)OC.CCC1=C(C)C2=CC3=NC(=C(C)/C3=C/O)C=C3NC(=C4CC(=O)C5=C(C)C(=CC1=N2)N=C45)CC3C. The largest absolute Gasteiger partial charge is 0.515 e. The summed E-state index contributed by atoms with van der Waals surface area (Å²) in [6, 6.07) is 0. The molecule has 0 aromatic carbocycles. The zero-order valence-electron chi connectivity index (χ0n) is 24.7. The maximum absolute atomic E-state index is 13.1. The average molecular weight is 553 g/mol. The Balaban J connectivity index is 0.000000511. The maximum atomic E-state index is 13.1. The molecule has 0 aromatic rings. The van der Waals surface area contributed by atoms with Crippen molar-refractivity contribution < 1.29 is 19.4 Å². The molecule has 0 radical (unpaired) electrons. The van der Waals surface area contributed by atoms with Gasteiger partial charge in [0.25, 0.3) is 0 Å². The van der Waals surface area contributed by atoms with Gasteiger partial charge >= 0.3 is 5.97 Å².